The molecule has 2 aromatic rings. The molecule has 0 amide bonds. The van der Waals surface area contributed by atoms with E-state index in [2.05, 4.69) is 27.3 Å². The van der Waals surface area contributed by atoms with Crippen molar-refractivity contribution in [1.29, 1.82) is 5.26 Å². The normalized spacial score (nSPS) is 9.89. The second kappa shape index (κ2) is 5.19. The fourth-order valence-electron chi connectivity index (χ4n) is 1.58. The first-order valence-corrected chi connectivity index (χ1v) is 6.12. The standard InChI is InChI=1S/C14H10BrFN2/c1-9-2-4-14(12(16)6-9)18-13-5-3-11(15)7-10(13)8-17/h2-7,18H,1H3. The van der Waals surface area contributed by atoms with Gasteiger partial charge in [0, 0.05) is 4.47 Å². The topological polar surface area (TPSA) is 35.8 Å². The lowest BCUT2D eigenvalue weighted by atomic mass is 10.1. The summed E-state index contributed by atoms with van der Waals surface area (Å²) in [6, 6.07) is 12.2. The minimum Gasteiger partial charge on any atom is -0.352 e. The molecule has 0 radical (unpaired) electrons. The third-order valence-electron chi connectivity index (χ3n) is 2.50. The second-order valence-electron chi connectivity index (χ2n) is 3.91. The van der Waals surface area contributed by atoms with Gasteiger partial charge in [0.25, 0.3) is 0 Å². The highest BCUT2D eigenvalue weighted by Gasteiger charge is 2.06. The molecule has 0 bridgehead atoms. The molecule has 18 heavy (non-hydrogen) atoms. The van der Waals surface area contributed by atoms with E-state index in [4.69, 9.17) is 5.26 Å². The van der Waals surface area contributed by atoms with Crippen molar-refractivity contribution in [3.8, 4) is 6.07 Å². The number of aryl methyl sites for hydroxylation is 1. The number of nitrogens with one attached hydrogen (secondary N) is 1. The molecule has 0 saturated heterocycles. The van der Waals surface area contributed by atoms with Crippen LogP contribution >= 0.6 is 15.9 Å². The molecular weight excluding hydrogens is 295 g/mol. The van der Waals surface area contributed by atoms with Crippen molar-refractivity contribution in [3.05, 3.63) is 57.8 Å². The smallest absolute Gasteiger partial charge is 0.146 e. The molecule has 0 saturated carbocycles. The highest BCUT2D eigenvalue weighted by molar-refractivity contribution is 9.10. The van der Waals surface area contributed by atoms with E-state index in [1.54, 1.807) is 24.3 Å². The summed E-state index contributed by atoms with van der Waals surface area (Å²) in [6.45, 7) is 1.83. The van der Waals surface area contributed by atoms with Gasteiger partial charge >= 0.3 is 0 Å². The van der Waals surface area contributed by atoms with E-state index in [1.807, 2.05) is 13.0 Å². The maximum Gasteiger partial charge on any atom is 0.146 e. The molecule has 2 aromatic carbocycles. The molecule has 1 N–H and O–H groups in total. The summed E-state index contributed by atoms with van der Waals surface area (Å²) < 4.78 is 14.5. The Morgan fingerprint density at radius 1 is 1.17 bits per heavy atom. The van der Waals surface area contributed by atoms with Gasteiger partial charge in [-0.1, -0.05) is 22.0 Å². The molecule has 0 fully saturated rings. The summed E-state index contributed by atoms with van der Waals surface area (Å²) in [5, 5.41) is 12.0. The Hall–Kier alpha value is -1.86. The fourth-order valence-corrected chi connectivity index (χ4v) is 1.95. The molecule has 0 aliphatic heterocycles. The molecule has 0 spiro atoms. The molecule has 0 unspecified atom stereocenters. The molecule has 2 rings (SSSR count). The van der Waals surface area contributed by atoms with E-state index in [-0.39, 0.29) is 5.82 Å². The van der Waals surface area contributed by atoms with Gasteiger partial charge in [0.15, 0.2) is 0 Å². The molecule has 0 heterocycles. The summed E-state index contributed by atoms with van der Waals surface area (Å²) in [4.78, 5) is 0. The Morgan fingerprint density at radius 3 is 2.56 bits per heavy atom. The van der Waals surface area contributed by atoms with E-state index < -0.39 is 0 Å². The monoisotopic (exact) mass is 304 g/mol. The van der Waals surface area contributed by atoms with E-state index in [1.165, 1.54) is 6.07 Å². The Morgan fingerprint density at radius 2 is 1.89 bits per heavy atom. The highest BCUT2D eigenvalue weighted by Crippen LogP contribution is 2.25. The molecule has 0 aromatic heterocycles. The lowest BCUT2D eigenvalue weighted by molar-refractivity contribution is 0.630. The van der Waals surface area contributed by atoms with Gasteiger partial charge in [-0.2, -0.15) is 5.26 Å². The predicted molar refractivity (Wildman–Crippen MR) is 73.3 cm³/mol. The van der Waals surface area contributed by atoms with E-state index in [0.29, 0.717) is 16.9 Å². The van der Waals surface area contributed by atoms with Crippen molar-refractivity contribution >= 4 is 27.3 Å². The number of rotatable bonds is 2. The summed E-state index contributed by atoms with van der Waals surface area (Å²) >= 11 is 3.29. The van der Waals surface area contributed by atoms with Gasteiger partial charge in [0.2, 0.25) is 0 Å². The van der Waals surface area contributed by atoms with Crippen LogP contribution < -0.4 is 5.32 Å². The summed E-state index contributed by atoms with van der Waals surface area (Å²) in [7, 11) is 0. The van der Waals surface area contributed by atoms with Gasteiger partial charge in [-0.05, 0) is 42.8 Å². The van der Waals surface area contributed by atoms with Gasteiger partial charge in [0.05, 0.1) is 16.9 Å². The van der Waals surface area contributed by atoms with Crippen LogP contribution in [-0.2, 0) is 0 Å². The first kappa shape index (κ1) is 12.6. The second-order valence-corrected chi connectivity index (χ2v) is 4.83. The minimum absolute atomic E-state index is 0.332. The summed E-state index contributed by atoms with van der Waals surface area (Å²) in [5.74, 6) is -0.332. The Labute approximate surface area is 113 Å². The molecular formula is C14H10BrFN2. The first-order valence-electron chi connectivity index (χ1n) is 5.33. The number of halogens is 2. The van der Waals surface area contributed by atoms with E-state index in [0.717, 1.165) is 10.0 Å². The van der Waals surface area contributed by atoms with Crippen LogP contribution in [0.2, 0.25) is 0 Å². The van der Waals surface area contributed by atoms with Gasteiger partial charge < -0.3 is 5.32 Å². The summed E-state index contributed by atoms with van der Waals surface area (Å²) in [6.07, 6.45) is 0. The van der Waals surface area contributed by atoms with Gasteiger partial charge in [-0.3, -0.25) is 0 Å². The zero-order chi connectivity index (χ0) is 13.1. The van der Waals surface area contributed by atoms with Crippen molar-refractivity contribution in [2.45, 2.75) is 6.92 Å². The Kier molecular flexibility index (Phi) is 3.63. The highest BCUT2D eigenvalue weighted by atomic mass is 79.9. The SMILES string of the molecule is Cc1ccc(Nc2ccc(Br)cc2C#N)c(F)c1. The number of nitriles is 1. The average Bonchev–Trinajstić information content (AvgIpc) is 2.34. The van der Waals surface area contributed by atoms with Crippen molar-refractivity contribution in [1.82, 2.24) is 0 Å². The molecule has 4 heteroatoms. The van der Waals surface area contributed by atoms with Crippen molar-refractivity contribution < 1.29 is 4.39 Å². The van der Waals surface area contributed by atoms with Crippen LogP contribution in [-0.4, -0.2) is 0 Å². The van der Waals surface area contributed by atoms with E-state index in [9.17, 15) is 4.39 Å². The number of hydrogen-bond donors (Lipinski definition) is 1. The van der Waals surface area contributed by atoms with Gasteiger partial charge in [-0.25, -0.2) is 4.39 Å². The van der Waals surface area contributed by atoms with Crippen molar-refractivity contribution in [3.63, 3.8) is 0 Å². The number of anilines is 2. The molecule has 2 nitrogen and oxygen atoms in total. The number of nitrogens with zero attached hydrogens (tertiary/aromatic N) is 1. The van der Waals surface area contributed by atoms with Gasteiger partial charge in [-0.15, -0.1) is 0 Å². The van der Waals surface area contributed by atoms with Crippen LogP contribution in [0, 0.1) is 24.1 Å². The average molecular weight is 305 g/mol. The molecule has 0 aliphatic carbocycles. The van der Waals surface area contributed by atoms with Crippen LogP contribution in [0.15, 0.2) is 40.9 Å². The lowest BCUT2D eigenvalue weighted by Gasteiger charge is -2.10. The van der Waals surface area contributed by atoms with Crippen LogP contribution in [0.5, 0.6) is 0 Å². The number of hydrogen-bond acceptors (Lipinski definition) is 2. The summed E-state index contributed by atoms with van der Waals surface area (Å²) in [5.41, 5.74) is 2.27. The third kappa shape index (κ3) is 2.69. The largest absolute Gasteiger partial charge is 0.352 e. The minimum atomic E-state index is -0.332. The van der Waals surface area contributed by atoms with Crippen LogP contribution in [0.1, 0.15) is 11.1 Å². The Bertz CT molecular complexity index is 632. The Balaban J connectivity index is 2.37. The van der Waals surface area contributed by atoms with E-state index >= 15 is 0 Å². The quantitative estimate of drug-likeness (QED) is 0.886. The predicted octanol–water partition coefficient (Wildman–Crippen LogP) is 4.51. The lowest BCUT2D eigenvalue weighted by Crippen LogP contribution is -1.96. The van der Waals surface area contributed by atoms with Crippen LogP contribution in [0.25, 0.3) is 0 Å². The first-order chi connectivity index (χ1) is 8.60. The van der Waals surface area contributed by atoms with Gasteiger partial charge in [0.1, 0.15) is 11.9 Å². The zero-order valence-corrected chi connectivity index (χ0v) is 11.3. The maximum absolute atomic E-state index is 13.7. The fraction of sp³-hybridized carbons (Fsp3) is 0.0714. The van der Waals surface area contributed by atoms with Crippen molar-refractivity contribution in [2.24, 2.45) is 0 Å². The zero-order valence-electron chi connectivity index (χ0n) is 9.67. The van der Waals surface area contributed by atoms with Crippen LogP contribution in [0.3, 0.4) is 0 Å². The number of benzene rings is 2. The molecule has 0 atom stereocenters. The third-order valence-corrected chi connectivity index (χ3v) is 2.99. The van der Waals surface area contributed by atoms with Crippen molar-refractivity contribution in [2.75, 3.05) is 5.32 Å². The maximum atomic E-state index is 13.7. The molecule has 90 valence electrons. The van der Waals surface area contributed by atoms with Crippen LogP contribution in [0.4, 0.5) is 15.8 Å². The molecule has 0 aliphatic rings.